The summed E-state index contributed by atoms with van der Waals surface area (Å²) in [4.78, 5) is 21.7. The predicted molar refractivity (Wildman–Crippen MR) is 69.8 cm³/mol. The van der Waals surface area contributed by atoms with Crippen LogP contribution in [0.1, 0.15) is 10.4 Å². The van der Waals surface area contributed by atoms with E-state index in [1.165, 1.54) is 6.07 Å². The van der Waals surface area contributed by atoms with Gasteiger partial charge in [0.25, 0.3) is 5.69 Å². The number of carbonyl (C=O) groups is 1. The molecule has 0 heterocycles. The second-order valence-corrected chi connectivity index (χ2v) is 4.18. The van der Waals surface area contributed by atoms with Crippen LogP contribution in [0.15, 0.2) is 36.4 Å². The highest BCUT2D eigenvalue weighted by molar-refractivity contribution is 5.92. The van der Waals surface area contributed by atoms with Gasteiger partial charge in [-0.15, -0.1) is 0 Å². The highest BCUT2D eigenvalue weighted by Gasteiger charge is 2.16. The number of nitro benzene ring substituents is 1. The van der Waals surface area contributed by atoms with Gasteiger partial charge in [0, 0.05) is 18.2 Å². The van der Waals surface area contributed by atoms with Gasteiger partial charge in [-0.05, 0) is 29.3 Å². The summed E-state index contributed by atoms with van der Waals surface area (Å²) in [6.07, 6.45) is 0. The first-order valence-electron chi connectivity index (χ1n) is 5.75. The molecule has 0 fully saturated rings. The number of esters is 1. The first-order valence-corrected chi connectivity index (χ1v) is 5.75. The van der Waals surface area contributed by atoms with E-state index in [0.717, 1.165) is 31.4 Å². The van der Waals surface area contributed by atoms with Crippen molar-refractivity contribution in [1.82, 2.24) is 0 Å². The number of methoxy groups -OCH3 is 1. The number of nitrogens with zero attached hydrogens (tertiary/aromatic N) is 1. The third kappa shape index (κ3) is 3.19. The van der Waals surface area contributed by atoms with Crippen molar-refractivity contribution in [2.75, 3.05) is 7.11 Å². The van der Waals surface area contributed by atoms with Crippen LogP contribution in [-0.2, 0) is 4.74 Å². The topological polar surface area (TPSA) is 69.4 Å². The van der Waals surface area contributed by atoms with E-state index in [4.69, 9.17) is 0 Å². The second-order valence-electron chi connectivity index (χ2n) is 4.18. The van der Waals surface area contributed by atoms with Crippen LogP contribution < -0.4 is 0 Å². The normalized spacial score (nSPS) is 10.2. The predicted octanol–water partition coefficient (Wildman–Crippen LogP) is 3.33. The maximum Gasteiger partial charge on any atom is 0.338 e. The first kappa shape index (κ1) is 14.6. The Morgan fingerprint density at radius 1 is 1.05 bits per heavy atom. The Morgan fingerprint density at radius 3 is 2.14 bits per heavy atom. The number of carbonyl (C=O) groups excluding carboxylic acids is 1. The summed E-state index contributed by atoms with van der Waals surface area (Å²) >= 11 is 0. The van der Waals surface area contributed by atoms with Crippen molar-refractivity contribution >= 4 is 11.7 Å². The number of halogens is 2. The number of benzene rings is 2. The van der Waals surface area contributed by atoms with Crippen LogP contribution in [0.3, 0.4) is 0 Å². The summed E-state index contributed by atoms with van der Waals surface area (Å²) < 4.78 is 31.0. The lowest BCUT2D eigenvalue weighted by atomic mass is 10.0. The number of non-ortho nitro benzene ring substituents is 1. The van der Waals surface area contributed by atoms with Crippen molar-refractivity contribution < 1.29 is 23.2 Å². The van der Waals surface area contributed by atoms with Gasteiger partial charge in [0.15, 0.2) is 0 Å². The summed E-state index contributed by atoms with van der Waals surface area (Å²) in [6.45, 7) is 0. The Labute approximate surface area is 117 Å². The van der Waals surface area contributed by atoms with E-state index in [0.29, 0.717) is 6.07 Å². The zero-order valence-corrected chi connectivity index (χ0v) is 10.8. The molecule has 0 bridgehead atoms. The molecule has 0 radical (unpaired) electrons. The molecule has 2 aromatic carbocycles. The van der Waals surface area contributed by atoms with Gasteiger partial charge in [-0.1, -0.05) is 0 Å². The molecule has 0 spiro atoms. The van der Waals surface area contributed by atoms with Gasteiger partial charge in [0.2, 0.25) is 0 Å². The monoisotopic (exact) mass is 293 g/mol. The molecule has 2 aromatic rings. The minimum atomic E-state index is -0.823. The van der Waals surface area contributed by atoms with E-state index in [1.54, 1.807) is 0 Å². The van der Waals surface area contributed by atoms with Gasteiger partial charge in [0.1, 0.15) is 11.6 Å². The van der Waals surface area contributed by atoms with Gasteiger partial charge >= 0.3 is 5.97 Å². The van der Waals surface area contributed by atoms with Crippen molar-refractivity contribution in [2.24, 2.45) is 0 Å². The Kier molecular flexibility index (Phi) is 3.93. The molecule has 0 amide bonds. The fourth-order valence-electron chi connectivity index (χ4n) is 1.84. The van der Waals surface area contributed by atoms with Crippen LogP contribution in [0.25, 0.3) is 11.1 Å². The molecule has 7 heteroatoms. The minimum Gasteiger partial charge on any atom is -0.465 e. The molecule has 0 aliphatic carbocycles. The highest BCUT2D eigenvalue weighted by Crippen LogP contribution is 2.27. The summed E-state index contributed by atoms with van der Waals surface area (Å²) in [6, 6.07) is 6.15. The van der Waals surface area contributed by atoms with E-state index in [1.807, 2.05) is 0 Å². The highest BCUT2D eigenvalue weighted by atomic mass is 19.1. The summed E-state index contributed by atoms with van der Waals surface area (Å²) in [5.74, 6) is -2.43. The molecule has 0 unspecified atom stereocenters. The third-order valence-electron chi connectivity index (χ3n) is 2.75. The SMILES string of the molecule is COC(=O)c1cc(-c2cc(F)cc(F)c2)cc([N+](=O)[O-])c1. The molecule has 2 rings (SSSR count). The molecule has 0 saturated carbocycles. The number of hydrogen-bond acceptors (Lipinski definition) is 4. The molecular weight excluding hydrogens is 284 g/mol. The first-order chi connectivity index (χ1) is 9.90. The summed E-state index contributed by atoms with van der Waals surface area (Å²) in [5.41, 5.74) is -0.228. The number of hydrogen-bond donors (Lipinski definition) is 0. The molecule has 108 valence electrons. The second kappa shape index (κ2) is 5.66. The van der Waals surface area contributed by atoms with Crippen LogP contribution in [0, 0.1) is 21.7 Å². The lowest BCUT2D eigenvalue weighted by molar-refractivity contribution is -0.384. The molecule has 0 aromatic heterocycles. The summed E-state index contributed by atoms with van der Waals surface area (Å²) in [5, 5.41) is 10.9. The minimum absolute atomic E-state index is 0.0774. The molecule has 21 heavy (non-hydrogen) atoms. The quantitative estimate of drug-likeness (QED) is 0.494. The van der Waals surface area contributed by atoms with Crippen LogP contribution >= 0.6 is 0 Å². The average molecular weight is 293 g/mol. The molecule has 0 saturated heterocycles. The van der Waals surface area contributed by atoms with Gasteiger partial charge in [-0.25, -0.2) is 13.6 Å². The van der Waals surface area contributed by atoms with Crippen LogP contribution in [-0.4, -0.2) is 18.0 Å². The Bertz CT molecular complexity index is 711. The van der Waals surface area contributed by atoms with Crippen molar-refractivity contribution in [2.45, 2.75) is 0 Å². The molecule has 0 aliphatic rings. The molecular formula is C14H9F2NO4. The maximum atomic E-state index is 13.2. The lowest BCUT2D eigenvalue weighted by Crippen LogP contribution is -2.03. The van der Waals surface area contributed by atoms with Gasteiger partial charge in [-0.3, -0.25) is 10.1 Å². The van der Waals surface area contributed by atoms with Gasteiger partial charge in [-0.2, -0.15) is 0 Å². The molecule has 0 aliphatic heterocycles. The smallest absolute Gasteiger partial charge is 0.338 e. The Morgan fingerprint density at radius 2 is 1.62 bits per heavy atom. The number of ether oxygens (including phenoxy) is 1. The van der Waals surface area contributed by atoms with Crippen molar-refractivity contribution in [3.63, 3.8) is 0 Å². The lowest BCUT2D eigenvalue weighted by Gasteiger charge is -2.06. The Hall–Kier alpha value is -2.83. The number of nitro groups is 1. The summed E-state index contributed by atoms with van der Waals surface area (Å²) in [7, 11) is 1.13. The van der Waals surface area contributed by atoms with Crippen LogP contribution in [0.2, 0.25) is 0 Å². The standard InChI is InChI=1S/C14H9F2NO4/c1-21-14(18)10-2-8(5-13(6-10)17(19)20)9-3-11(15)7-12(16)4-9/h2-7H,1H3. The van der Waals surface area contributed by atoms with Crippen molar-refractivity contribution in [1.29, 1.82) is 0 Å². The van der Waals surface area contributed by atoms with E-state index in [-0.39, 0.29) is 22.4 Å². The average Bonchev–Trinajstić information content (AvgIpc) is 2.44. The van der Waals surface area contributed by atoms with E-state index in [9.17, 15) is 23.7 Å². The van der Waals surface area contributed by atoms with E-state index < -0.39 is 22.5 Å². The zero-order valence-electron chi connectivity index (χ0n) is 10.8. The van der Waals surface area contributed by atoms with E-state index >= 15 is 0 Å². The number of rotatable bonds is 3. The van der Waals surface area contributed by atoms with Crippen LogP contribution in [0.4, 0.5) is 14.5 Å². The zero-order chi connectivity index (χ0) is 15.6. The van der Waals surface area contributed by atoms with Gasteiger partial charge < -0.3 is 4.74 Å². The van der Waals surface area contributed by atoms with Gasteiger partial charge in [0.05, 0.1) is 17.6 Å². The van der Waals surface area contributed by atoms with Crippen LogP contribution in [0.5, 0.6) is 0 Å². The fourth-order valence-corrected chi connectivity index (χ4v) is 1.84. The maximum absolute atomic E-state index is 13.2. The molecule has 0 atom stereocenters. The molecule has 5 nitrogen and oxygen atoms in total. The van der Waals surface area contributed by atoms with Crippen molar-refractivity contribution in [3.8, 4) is 11.1 Å². The fraction of sp³-hybridized carbons (Fsp3) is 0.0714. The largest absolute Gasteiger partial charge is 0.465 e. The van der Waals surface area contributed by atoms with E-state index in [2.05, 4.69) is 4.74 Å². The van der Waals surface area contributed by atoms with Crippen molar-refractivity contribution in [3.05, 3.63) is 63.7 Å². The third-order valence-corrected chi connectivity index (χ3v) is 2.75. The Balaban J connectivity index is 2.64. The molecule has 0 N–H and O–H groups in total.